The Morgan fingerprint density at radius 2 is 1.84 bits per heavy atom. The summed E-state index contributed by atoms with van der Waals surface area (Å²) in [5.74, 6) is 0. The van der Waals surface area contributed by atoms with E-state index in [2.05, 4.69) is 17.3 Å². The maximum absolute atomic E-state index is 9.90. The summed E-state index contributed by atoms with van der Waals surface area (Å²) >= 11 is 5.91. The van der Waals surface area contributed by atoms with Crippen molar-refractivity contribution < 1.29 is 5.11 Å². The zero-order valence-corrected chi connectivity index (χ0v) is 12.0. The lowest BCUT2D eigenvalue weighted by molar-refractivity contribution is 0.0833. The summed E-state index contributed by atoms with van der Waals surface area (Å²) in [7, 11) is 2.21. The van der Waals surface area contributed by atoms with Gasteiger partial charge in [-0.05, 0) is 57.0 Å². The number of nitrogens with zero attached hydrogens (tertiary/aromatic N) is 1. The molecular weight excluding hydrogens is 260 g/mol. The van der Waals surface area contributed by atoms with Gasteiger partial charge in [-0.3, -0.25) is 0 Å². The summed E-state index contributed by atoms with van der Waals surface area (Å²) in [5, 5.41) is 14.2. The Morgan fingerprint density at radius 3 is 2.37 bits per heavy atom. The number of aliphatic hydroxyl groups is 1. The van der Waals surface area contributed by atoms with Gasteiger partial charge in [-0.1, -0.05) is 11.6 Å². The van der Waals surface area contributed by atoms with Crippen LogP contribution in [0.1, 0.15) is 25.7 Å². The van der Waals surface area contributed by atoms with Crippen molar-refractivity contribution in [2.75, 3.05) is 19.0 Å². The van der Waals surface area contributed by atoms with Gasteiger partial charge in [0, 0.05) is 22.8 Å². The molecule has 2 atom stereocenters. The molecule has 3 rings (SSSR count). The Labute approximate surface area is 119 Å². The number of piperidine rings is 1. The number of nitrogens with one attached hydrogen (secondary N) is 1. The van der Waals surface area contributed by atoms with Gasteiger partial charge in [0.25, 0.3) is 0 Å². The first-order valence-corrected chi connectivity index (χ1v) is 7.36. The maximum atomic E-state index is 9.90. The van der Waals surface area contributed by atoms with Gasteiger partial charge in [0.05, 0.1) is 12.1 Å². The van der Waals surface area contributed by atoms with Gasteiger partial charge in [-0.2, -0.15) is 0 Å². The largest absolute Gasteiger partial charge is 0.394 e. The highest BCUT2D eigenvalue weighted by Gasteiger charge is 2.46. The highest BCUT2D eigenvalue weighted by molar-refractivity contribution is 6.30. The zero-order chi connectivity index (χ0) is 13.5. The van der Waals surface area contributed by atoms with Crippen LogP contribution in [0.3, 0.4) is 0 Å². The fourth-order valence-corrected chi connectivity index (χ4v) is 3.80. The zero-order valence-electron chi connectivity index (χ0n) is 11.3. The number of rotatable bonds is 3. The molecule has 0 radical (unpaired) electrons. The number of anilines is 1. The van der Waals surface area contributed by atoms with E-state index < -0.39 is 0 Å². The normalized spacial score (nSPS) is 34.5. The quantitative estimate of drug-likeness (QED) is 0.894. The topological polar surface area (TPSA) is 35.5 Å². The number of hydrogen-bond acceptors (Lipinski definition) is 3. The van der Waals surface area contributed by atoms with Gasteiger partial charge in [0.15, 0.2) is 0 Å². The Bertz CT molecular complexity index is 434. The molecule has 4 heteroatoms. The number of fused-ring (bicyclic) bond motifs is 2. The molecule has 2 bridgehead atoms. The van der Waals surface area contributed by atoms with Crippen LogP contribution in [0.25, 0.3) is 0 Å². The van der Waals surface area contributed by atoms with Crippen LogP contribution in [-0.2, 0) is 0 Å². The van der Waals surface area contributed by atoms with E-state index in [4.69, 9.17) is 11.6 Å². The minimum atomic E-state index is -0.174. The van der Waals surface area contributed by atoms with Crippen LogP contribution in [-0.4, -0.2) is 41.3 Å². The Kier molecular flexibility index (Phi) is 3.46. The van der Waals surface area contributed by atoms with Crippen LogP contribution in [0.4, 0.5) is 5.69 Å². The lowest BCUT2D eigenvalue weighted by Crippen LogP contribution is -2.55. The number of hydrogen-bond donors (Lipinski definition) is 2. The fraction of sp³-hybridized carbons (Fsp3) is 0.600. The van der Waals surface area contributed by atoms with E-state index in [1.807, 2.05) is 24.3 Å². The van der Waals surface area contributed by atoms with Crippen molar-refractivity contribution in [3.63, 3.8) is 0 Å². The van der Waals surface area contributed by atoms with Crippen molar-refractivity contribution in [3.8, 4) is 0 Å². The second-order valence-corrected chi connectivity index (χ2v) is 6.47. The molecular formula is C15H21ClN2O. The molecule has 19 heavy (non-hydrogen) atoms. The smallest absolute Gasteiger partial charge is 0.0662 e. The molecule has 2 N–H and O–H groups in total. The maximum Gasteiger partial charge on any atom is 0.0662 e. The summed E-state index contributed by atoms with van der Waals surface area (Å²) in [6.07, 6.45) is 4.54. The Hall–Kier alpha value is -0.770. The predicted octanol–water partition coefficient (Wildman–Crippen LogP) is 2.74. The lowest BCUT2D eigenvalue weighted by Gasteiger charge is -2.45. The van der Waals surface area contributed by atoms with Crippen molar-refractivity contribution in [3.05, 3.63) is 29.3 Å². The Morgan fingerprint density at radius 1 is 1.26 bits per heavy atom. The van der Waals surface area contributed by atoms with Gasteiger partial charge in [-0.25, -0.2) is 0 Å². The minimum Gasteiger partial charge on any atom is -0.394 e. The predicted molar refractivity (Wildman–Crippen MR) is 78.7 cm³/mol. The van der Waals surface area contributed by atoms with Crippen molar-refractivity contribution in [2.24, 2.45) is 0 Å². The van der Waals surface area contributed by atoms with Crippen LogP contribution in [0.5, 0.6) is 0 Å². The van der Waals surface area contributed by atoms with Gasteiger partial charge in [0.2, 0.25) is 0 Å². The average molecular weight is 281 g/mol. The molecule has 2 saturated heterocycles. The van der Waals surface area contributed by atoms with Gasteiger partial charge >= 0.3 is 0 Å². The van der Waals surface area contributed by atoms with E-state index in [0.717, 1.165) is 23.6 Å². The first kappa shape index (κ1) is 13.2. The van der Waals surface area contributed by atoms with Crippen molar-refractivity contribution in [2.45, 2.75) is 43.3 Å². The highest BCUT2D eigenvalue weighted by atomic mass is 35.5. The molecule has 104 valence electrons. The van der Waals surface area contributed by atoms with E-state index in [9.17, 15) is 5.11 Å². The molecule has 1 aromatic rings. The second-order valence-electron chi connectivity index (χ2n) is 6.03. The molecule has 2 fully saturated rings. The van der Waals surface area contributed by atoms with Gasteiger partial charge in [-0.15, -0.1) is 0 Å². The molecule has 2 unspecified atom stereocenters. The van der Waals surface area contributed by atoms with E-state index in [1.54, 1.807) is 0 Å². The third-order valence-electron chi connectivity index (χ3n) is 4.79. The third kappa shape index (κ3) is 2.47. The van der Waals surface area contributed by atoms with Gasteiger partial charge < -0.3 is 15.3 Å². The number of benzene rings is 1. The standard InChI is InChI=1S/C15H21ClN2O/c1-18-13-6-7-14(18)9-15(8-13,10-19)17-12-4-2-11(16)3-5-12/h2-5,13-14,17,19H,6-10H2,1H3. The summed E-state index contributed by atoms with van der Waals surface area (Å²) in [6, 6.07) is 8.95. The summed E-state index contributed by atoms with van der Waals surface area (Å²) in [5.41, 5.74) is 0.869. The summed E-state index contributed by atoms with van der Waals surface area (Å²) in [4.78, 5) is 2.48. The van der Waals surface area contributed by atoms with Gasteiger partial charge in [0.1, 0.15) is 0 Å². The van der Waals surface area contributed by atoms with Crippen molar-refractivity contribution in [1.29, 1.82) is 0 Å². The SMILES string of the molecule is CN1C2CCC1CC(CO)(Nc1ccc(Cl)cc1)C2. The molecule has 1 aromatic carbocycles. The van der Waals surface area contributed by atoms with Crippen LogP contribution in [0.15, 0.2) is 24.3 Å². The summed E-state index contributed by atoms with van der Waals surface area (Å²) < 4.78 is 0. The van der Waals surface area contributed by atoms with Crippen molar-refractivity contribution >= 4 is 17.3 Å². The van der Waals surface area contributed by atoms with E-state index >= 15 is 0 Å². The summed E-state index contributed by atoms with van der Waals surface area (Å²) in [6.45, 7) is 0.191. The van der Waals surface area contributed by atoms with Crippen LogP contribution < -0.4 is 5.32 Å². The van der Waals surface area contributed by atoms with Crippen LogP contribution in [0, 0.1) is 0 Å². The molecule has 0 aromatic heterocycles. The number of aliphatic hydroxyl groups excluding tert-OH is 1. The molecule has 2 aliphatic rings. The van der Waals surface area contributed by atoms with E-state index in [-0.39, 0.29) is 12.1 Å². The molecule has 0 aliphatic carbocycles. The monoisotopic (exact) mass is 280 g/mol. The molecule has 0 spiro atoms. The first-order valence-electron chi connectivity index (χ1n) is 6.98. The van der Waals surface area contributed by atoms with Crippen LogP contribution in [0.2, 0.25) is 5.02 Å². The molecule has 0 saturated carbocycles. The third-order valence-corrected chi connectivity index (χ3v) is 5.05. The molecule has 2 heterocycles. The lowest BCUT2D eigenvalue weighted by atomic mass is 9.83. The minimum absolute atomic E-state index is 0.174. The molecule has 0 amide bonds. The second kappa shape index (κ2) is 4.97. The van der Waals surface area contributed by atoms with E-state index in [0.29, 0.717) is 12.1 Å². The average Bonchev–Trinajstić information content (AvgIpc) is 2.65. The molecule has 3 nitrogen and oxygen atoms in total. The van der Waals surface area contributed by atoms with Crippen LogP contribution >= 0.6 is 11.6 Å². The Balaban J connectivity index is 1.79. The molecule has 2 aliphatic heterocycles. The fourth-order valence-electron chi connectivity index (χ4n) is 3.68. The highest BCUT2D eigenvalue weighted by Crippen LogP contribution is 2.41. The van der Waals surface area contributed by atoms with Crippen molar-refractivity contribution in [1.82, 2.24) is 4.90 Å². The van der Waals surface area contributed by atoms with E-state index in [1.165, 1.54) is 12.8 Å². The number of halogens is 1. The first-order chi connectivity index (χ1) is 9.12.